The van der Waals surface area contributed by atoms with Crippen molar-refractivity contribution in [2.24, 2.45) is 0 Å². The minimum absolute atomic E-state index is 0.272. The monoisotopic (exact) mass is 236 g/mol. The summed E-state index contributed by atoms with van der Waals surface area (Å²) in [6.07, 6.45) is 5.32. The molecule has 0 N–H and O–H groups in total. The first kappa shape index (κ1) is 11.8. The fourth-order valence-electron chi connectivity index (χ4n) is 1.78. The Kier molecular flexibility index (Phi) is 2.78. The third-order valence-electron chi connectivity index (χ3n) is 2.82. The third-order valence-corrected chi connectivity index (χ3v) is 2.82. The molecule has 2 nitrogen and oxygen atoms in total. The summed E-state index contributed by atoms with van der Waals surface area (Å²) in [4.78, 5) is 5.73. The van der Waals surface area contributed by atoms with E-state index in [4.69, 9.17) is 6.42 Å². The van der Waals surface area contributed by atoms with Gasteiger partial charge in [-0.3, -0.25) is 0 Å². The van der Waals surface area contributed by atoms with Gasteiger partial charge in [0.05, 0.1) is 13.1 Å². The summed E-state index contributed by atoms with van der Waals surface area (Å²) in [6.45, 7) is 3.52. The first-order valence-corrected chi connectivity index (χ1v) is 5.53. The van der Waals surface area contributed by atoms with Gasteiger partial charge in [-0.15, -0.1) is 6.42 Å². The maximum absolute atomic E-state index is 12.8. The largest absolute Gasteiger partial charge is 0.344 e. The van der Waals surface area contributed by atoms with Crippen molar-refractivity contribution in [2.45, 2.75) is 25.7 Å². The summed E-state index contributed by atoms with van der Waals surface area (Å²) in [5.41, 5.74) is 1.53. The molecule has 0 spiro atoms. The third kappa shape index (κ3) is 2.38. The molecule has 17 heavy (non-hydrogen) atoms. The van der Waals surface area contributed by atoms with E-state index in [-0.39, 0.29) is 13.1 Å². The fraction of sp³-hybridized carbons (Fsp3) is 0.462. The lowest BCUT2D eigenvalue weighted by molar-refractivity contribution is -0.0267. The quantitative estimate of drug-likeness (QED) is 0.734. The normalized spacial score (nSPS) is 17.8. The van der Waals surface area contributed by atoms with Gasteiger partial charge in [-0.25, -0.2) is 13.8 Å². The van der Waals surface area contributed by atoms with Gasteiger partial charge < -0.3 is 4.90 Å². The van der Waals surface area contributed by atoms with Crippen molar-refractivity contribution in [3.05, 3.63) is 23.4 Å². The lowest BCUT2D eigenvalue weighted by Crippen LogP contribution is -2.56. The van der Waals surface area contributed by atoms with Crippen molar-refractivity contribution in [1.82, 2.24) is 4.98 Å². The van der Waals surface area contributed by atoms with Gasteiger partial charge in [0.2, 0.25) is 0 Å². The highest BCUT2D eigenvalue weighted by Gasteiger charge is 2.44. The van der Waals surface area contributed by atoms with Crippen molar-refractivity contribution >= 4 is 5.82 Å². The Labute approximate surface area is 99.7 Å². The second-order valence-corrected chi connectivity index (χ2v) is 4.65. The maximum atomic E-state index is 12.8. The molecule has 0 atom stereocenters. The molecular formula is C13H14F2N2. The topological polar surface area (TPSA) is 16.1 Å². The van der Waals surface area contributed by atoms with Gasteiger partial charge in [-0.2, -0.15) is 0 Å². The Morgan fingerprint density at radius 1 is 1.41 bits per heavy atom. The van der Waals surface area contributed by atoms with Crippen LogP contribution in [0.3, 0.4) is 0 Å². The van der Waals surface area contributed by atoms with E-state index in [1.807, 2.05) is 26.0 Å². The minimum atomic E-state index is -2.59. The lowest BCUT2D eigenvalue weighted by Gasteiger charge is -2.39. The number of alkyl halides is 2. The fourth-order valence-corrected chi connectivity index (χ4v) is 1.78. The summed E-state index contributed by atoms with van der Waals surface area (Å²) in [6, 6.07) is 3.66. The van der Waals surface area contributed by atoms with Gasteiger partial charge in [0.1, 0.15) is 11.5 Å². The molecule has 1 aliphatic heterocycles. The van der Waals surface area contributed by atoms with Gasteiger partial charge in [-0.1, -0.05) is 19.8 Å². The first-order chi connectivity index (χ1) is 7.91. The second kappa shape index (κ2) is 3.99. The number of pyridine rings is 1. The molecule has 2 heterocycles. The van der Waals surface area contributed by atoms with Crippen molar-refractivity contribution in [3.8, 4) is 12.3 Å². The van der Waals surface area contributed by atoms with Crippen molar-refractivity contribution in [2.75, 3.05) is 18.0 Å². The highest BCUT2D eigenvalue weighted by molar-refractivity contribution is 5.49. The first-order valence-electron chi connectivity index (χ1n) is 5.53. The maximum Gasteiger partial charge on any atom is 0.282 e. The molecule has 2 rings (SSSR count). The van der Waals surface area contributed by atoms with Crippen molar-refractivity contribution < 1.29 is 8.78 Å². The molecule has 1 aliphatic rings. The van der Waals surface area contributed by atoms with E-state index in [0.717, 1.165) is 5.56 Å². The van der Waals surface area contributed by atoms with Crippen LogP contribution in [0.15, 0.2) is 12.1 Å². The van der Waals surface area contributed by atoms with Crippen molar-refractivity contribution in [1.29, 1.82) is 0 Å². The van der Waals surface area contributed by atoms with Crippen LogP contribution in [0.2, 0.25) is 0 Å². The van der Waals surface area contributed by atoms with Gasteiger partial charge in [0.15, 0.2) is 0 Å². The second-order valence-electron chi connectivity index (χ2n) is 4.65. The minimum Gasteiger partial charge on any atom is -0.344 e. The van der Waals surface area contributed by atoms with Crippen LogP contribution >= 0.6 is 0 Å². The van der Waals surface area contributed by atoms with Crippen LogP contribution in [0.25, 0.3) is 0 Å². The van der Waals surface area contributed by atoms with Crippen molar-refractivity contribution in [3.63, 3.8) is 0 Å². The van der Waals surface area contributed by atoms with Crippen LogP contribution in [0.5, 0.6) is 0 Å². The number of terminal acetylenes is 1. The van der Waals surface area contributed by atoms with Crippen LogP contribution < -0.4 is 4.90 Å². The van der Waals surface area contributed by atoms with E-state index in [9.17, 15) is 8.78 Å². The van der Waals surface area contributed by atoms with Crippen LogP contribution in [0, 0.1) is 12.3 Å². The highest BCUT2D eigenvalue weighted by Crippen LogP contribution is 2.32. The molecule has 0 saturated carbocycles. The number of aromatic nitrogens is 1. The van der Waals surface area contributed by atoms with Gasteiger partial charge in [0.25, 0.3) is 5.92 Å². The molecule has 0 aliphatic carbocycles. The Morgan fingerprint density at radius 2 is 2.06 bits per heavy atom. The molecule has 1 fully saturated rings. The molecule has 0 bridgehead atoms. The van der Waals surface area contributed by atoms with Gasteiger partial charge in [0, 0.05) is 0 Å². The number of hydrogen-bond donors (Lipinski definition) is 0. The molecule has 0 amide bonds. The number of hydrogen-bond acceptors (Lipinski definition) is 2. The number of rotatable bonds is 2. The smallest absolute Gasteiger partial charge is 0.282 e. The van der Waals surface area contributed by atoms with E-state index in [0.29, 0.717) is 17.4 Å². The summed E-state index contributed by atoms with van der Waals surface area (Å²) in [5, 5.41) is 0. The molecule has 0 unspecified atom stereocenters. The average molecular weight is 236 g/mol. The molecule has 90 valence electrons. The molecule has 1 aromatic rings. The van der Waals surface area contributed by atoms with E-state index in [2.05, 4.69) is 10.9 Å². The summed E-state index contributed by atoms with van der Waals surface area (Å²) in [5.74, 6) is 0.718. The summed E-state index contributed by atoms with van der Waals surface area (Å²) >= 11 is 0. The summed E-state index contributed by atoms with van der Waals surface area (Å²) < 4.78 is 25.6. The zero-order chi connectivity index (χ0) is 12.6. The van der Waals surface area contributed by atoms with Crippen LogP contribution in [0.4, 0.5) is 14.6 Å². The molecule has 0 radical (unpaired) electrons. The predicted molar refractivity (Wildman–Crippen MR) is 63.4 cm³/mol. The van der Waals surface area contributed by atoms with Crippen LogP contribution in [-0.2, 0) is 0 Å². The number of nitrogens with zero attached hydrogens (tertiary/aromatic N) is 2. The zero-order valence-corrected chi connectivity index (χ0v) is 9.87. The summed E-state index contributed by atoms with van der Waals surface area (Å²) in [7, 11) is 0. The molecule has 0 aromatic carbocycles. The lowest BCUT2D eigenvalue weighted by atomic mass is 10.0. The van der Waals surface area contributed by atoms with Crippen LogP contribution in [0.1, 0.15) is 31.0 Å². The highest BCUT2D eigenvalue weighted by atomic mass is 19.3. The van der Waals surface area contributed by atoms with E-state index in [1.54, 1.807) is 4.90 Å². The number of anilines is 1. The Balaban J connectivity index is 2.29. The Morgan fingerprint density at radius 3 is 2.53 bits per heavy atom. The zero-order valence-electron chi connectivity index (χ0n) is 9.87. The Hall–Kier alpha value is -1.63. The molecule has 1 aromatic heterocycles. The molecule has 1 saturated heterocycles. The SMILES string of the molecule is C#Cc1cc(C(C)C)cc(N2CC(F)(F)C2)n1. The predicted octanol–water partition coefficient (Wildman–Crippen LogP) is 2.64. The molecular weight excluding hydrogens is 222 g/mol. The van der Waals surface area contributed by atoms with E-state index >= 15 is 0 Å². The van der Waals surface area contributed by atoms with Gasteiger partial charge in [-0.05, 0) is 23.6 Å². The number of halogens is 2. The van der Waals surface area contributed by atoms with E-state index < -0.39 is 5.92 Å². The standard InChI is InChI=1S/C13H14F2N2/c1-4-11-5-10(9(2)3)6-12(16-11)17-7-13(14,15)8-17/h1,5-6,9H,7-8H2,2-3H3. The molecule has 4 heteroatoms. The Bertz CT molecular complexity index is 467. The van der Waals surface area contributed by atoms with E-state index in [1.165, 1.54) is 0 Å². The van der Waals surface area contributed by atoms with Gasteiger partial charge >= 0.3 is 0 Å². The van der Waals surface area contributed by atoms with Crippen LogP contribution in [-0.4, -0.2) is 24.0 Å². The average Bonchev–Trinajstić information content (AvgIpc) is 2.25.